The highest BCUT2D eigenvalue weighted by atomic mass is 16.7. The van der Waals surface area contributed by atoms with Gasteiger partial charge in [-0.05, 0) is 57.2 Å². The summed E-state index contributed by atoms with van der Waals surface area (Å²) in [7, 11) is 0. The van der Waals surface area contributed by atoms with Crippen LogP contribution in [-0.2, 0) is 20.7 Å². The highest BCUT2D eigenvalue weighted by Crippen LogP contribution is 2.32. The van der Waals surface area contributed by atoms with Crippen molar-refractivity contribution in [2.24, 2.45) is 5.92 Å². The van der Waals surface area contributed by atoms with Crippen LogP contribution in [0.15, 0.2) is 30.4 Å². The molecule has 1 aromatic rings. The molecule has 0 bridgehead atoms. The van der Waals surface area contributed by atoms with Crippen molar-refractivity contribution in [3.63, 3.8) is 0 Å². The fourth-order valence-corrected chi connectivity index (χ4v) is 2.57. The van der Waals surface area contributed by atoms with Gasteiger partial charge in [0.1, 0.15) is 11.7 Å². The lowest BCUT2D eigenvalue weighted by Crippen LogP contribution is -2.24. The van der Waals surface area contributed by atoms with Gasteiger partial charge >= 0.3 is 5.97 Å². The van der Waals surface area contributed by atoms with Crippen LogP contribution in [0.5, 0.6) is 11.5 Å². The first kappa shape index (κ1) is 18.0. The molecule has 5 nitrogen and oxygen atoms in total. The molecule has 5 heteroatoms. The normalized spacial score (nSPS) is 13.9. The van der Waals surface area contributed by atoms with E-state index < -0.39 is 11.9 Å². The van der Waals surface area contributed by atoms with Crippen molar-refractivity contribution < 1.29 is 23.8 Å². The molecular formula is C19H24O5. The van der Waals surface area contributed by atoms with Crippen LogP contribution in [0, 0.1) is 5.92 Å². The molecule has 1 unspecified atom stereocenters. The summed E-state index contributed by atoms with van der Waals surface area (Å²) in [4.78, 5) is 23.2. The third-order valence-electron chi connectivity index (χ3n) is 3.89. The van der Waals surface area contributed by atoms with Crippen LogP contribution in [0.3, 0.4) is 0 Å². The van der Waals surface area contributed by atoms with Crippen LogP contribution in [0.2, 0.25) is 0 Å². The summed E-state index contributed by atoms with van der Waals surface area (Å²) >= 11 is 0. The molecule has 0 amide bonds. The third kappa shape index (κ3) is 5.11. The zero-order valence-electron chi connectivity index (χ0n) is 14.2. The van der Waals surface area contributed by atoms with Gasteiger partial charge in [-0.25, -0.2) is 0 Å². The van der Waals surface area contributed by atoms with Crippen molar-refractivity contribution in [3.8, 4) is 11.5 Å². The molecular weight excluding hydrogens is 308 g/mol. The molecule has 1 aliphatic rings. The Labute approximate surface area is 142 Å². The quantitative estimate of drug-likeness (QED) is 0.394. The summed E-state index contributed by atoms with van der Waals surface area (Å²) in [5, 5.41) is 0. The maximum Gasteiger partial charge on any atom is 0.316 e. The van der Waals surface area contributed by atoms with Gasteiger partial charge in [-0.2, -0.15) is 0 Å². The largest absolute Gasteiger partial charge is 0.465 e. The second kappa shape index (κ2) is 9.11. The van der Waals surface area contributed by atoms with E-state index in [0.29, 0.717) is 19.4 Å². The number of aryl methyl sites for hydroxylation is 1. The molecule has 0 spiro atoms. The molecule has 0 aliphatic carbocycles. The molecule has 0 radical (unpaired) electrons. The summed E-state index contributed by atoms with van der Waals surface area (Å²) in [6, 6.07) is 5.97. The minimum atomic E-state index is -0.650. The van der Waals surface area contributed by atoms with Gasteiger partial charge in [-0.15, -0.1) is 0 Å². The standard InChI is InChI=1S/C19H24O5/c1-3-22-19(21)16(14(2)20)9-7-5-4-6-8-15-10-11-17-18(12-15)24-13-23-17/h4-5,10-12,16H,3,6-9,13H2,1-2H3/b5-4+. The van der Waals surface area contributed by atoms with Crippen molar-refractivity contribution in [2.45, 2.75) is 39.5 Å². The summed E-state index contributed by atoms with van der Waals surface area (Å²) < 4.78 is 15.6. The number of ether oxygens (including phenoxy) is 3. The second-order valence-corrected chi connectivity index (χ2v) is 5.69. The fraction of sp³-hybridized carbons (Fsp3) is 0.474. The predicted octanol–water partition coefficient (Wildman–Crippen LogP) is 3.45. The Hall–Kier alpha value is -2.30. The van der Waals surface area contributed by atoms with Crippen LogP contribution in [0.4, 0.5) is 0 Å². The Morgan fingerprint density at radius 2 is 1.96 bits per heavy atom. The van der Waals surface area contributed by atoms with E-state index in [2.05, 4.69) is 6.08 Å². The van der Waals surface area contributed by atoms with E-state index in [1.807, 2.05) is 24.3 Å². The molecule has 2 rings (SSSR count). The van der Waals surface area contributed by atoms with E-state index in [-0.39, 0.29) is 12.6 Å². The Kier molecular flexibility index (Phi) is 6.85. The van der Waals surface area contributed by atoms with E-state index in [1.165, 1.54) is 12.5 Å². The molecule has 1 atom stereocenters. The first-order valence-corrected chi connectivity index (χ1v) is 8.32. The van der Waals surface area contributed by atoms with Crippen molar-refractivity contribution >= 4 is 11.8 Å². The third-order valence-corrected chi connectivity index (χ3v) is 3.89. The molecule has 1 aromatic carbocycles. The zero-order valence-corrected chi connectivity index (χ0v) is 14.2. The number of esters is 1. The average Bonchev–Trinajstić information content (AvgIpc) is 3.01. The molecule has 0 saturated carbocycles. The number of hydrogen-bond donors (Lipinski definition) is 0. The highest BCUT2D eigenvalue weighted by molar-refractivity contribution is 5.97. The number of Topliss-reactive ketones (excluding diaryl/α,β-unsaturated/α-hetero) is 1. The summed E-state index contributed by atoms with van der Waals surface area (Å²) in [5.74, 6) is 0.392. The van der Waals surface area contributed by atoms with Crippen LogP contribution in [0.25, 0.3) is 0 Å². The second-order valence-electron chi connectivity index (χ2n) is 5.69. The minimum Gasteiger partial charge on any atom is -0.465 e. The van der Waals surface area contributed by atoms with Gasteiger partial charge in [0, 0.05) is 0 Å². The van der Waals surface area contributed by atoms with Gasteiger partial charge in [0.25, 0.3) is 0 Å². The Balaban J connectivity index is 1.72. The van der Waals surface area contributed by atoms with Gasteiger partial charge in [0.2, 0.25) is 6.79 Å². The molecule has 0 fully saturated rings. The lowest BCUT2D eigenvalue weighted by Gasteiger charge is -2.10. The van der Waals surface area contributed by atoms with E-state index in [1.54, 1.807) is 6.92 Å². The smallest absolute Gasteiger partial charge is 0.316 e. The molecule has 0 aromatic heterocycles. The van der Waals surface area contributed by atoms with E-state index in [0.717, 1.165) is 24.3 Å². The van der Waals surface area contributed by atoms with Gasteiger partial charge < -0.3 is 14.2 Å². The monoisotopic (exact) mass is 332 g/mol. The fourth-order valence-electron chi connectivity index (χ4n) is 2.57. The van der Waals surface area contributed by atoms with E-state index >= 15 is 0 Å². The summed E-state index contributed by atoms with van der Waals surface area (Å²) in [5.41, 5.74) is 1.19. The number of carbonyl (C=O) groups is 2. The van der Waals surface area contributed by atoms with E-state index in [9.17, 15) is 9.59 Å². The molecule has 1 aliphatic heterocycles. The SMILES string of the molecule is CCOC(=O)C(CC/C=C/CCc1ccc2c(c1)OCO2)C(C)=O. The lowest BCUT2D eigenvalue weighted by molar-refractivity contribution is -0.151. The van der Waals surface area contributed by atoms with Crippen LogP contribution in [-0.4, -0.2) is 25.2 Å². The minimum absolute atomic E-state index is 0.137. The molecule has 24 heavy (non-hydrogen) atoms. The average molecular weight is 332 g/mol. The van der Waals surface area contributed by atoms with Crippen LogP contribution < -0.4 is 9.47 Å². The maximum atomic E-state index is 11.7. The van der Waals surface area contributed by atoms with Crippen LogP contribution in [0.1, 0.15) is 38.7 Å². The zero-order chi connectivity index (χ0) is 17.4. The molecule has 0 N–H and O–H groups in total. The van der Waals surface area contributed by atoms with Gasteiger partial charge in [-0.3, -0.25) is 9.59 Å². The number of benzene rings is 1. The Bertz CT molecular complexity index is 606. The van der Waals surface area contributed by atoms with Gasteiger partial charge in [-0.1, -0.05) is 18.2 Å². The first-order valence-electron chi connectivity index (χ1n) is 8.32. The number of hydrogen-bond acceptors (Lipinski definition) is 5. The van der Waals surface area contributed by atoms with Gasteiger partial charge in [0.05, 0.1) is 6.61 Å². The number of ketones is 1. The number of rotatable bonds is 9. The van der Waals surface area contributed by atoms with Gasteiger partial charge in [0.15, 0.2) is 11.5 Å². The Morgan fingerprint density at radius 3 is 2.71 bits per heavy atom. The molecule has 130 valence electrons. The number of fused-ring (bicyclic) bond motifs is 1. The van der Waals surface area contributed by atoms with Crippen molar-refractivity contribution in [1.82, 2.24) is 0 Å². The molecule has 1 heterocycles. The summed E-state index contributed by atoms with van der Waals surface area (Å²) in [6.45, 7) is 3.76. The van der Waals surface area contributed by atoms with Crippen molar-refractivity contribution in [1.29, 1.82) is 0 Å². The van der Waals surface area contributed by atoms with Crippen molar-refractivity contribution in [3.05, 3.63) is 35.9 Å². The highest BCUT2D eigenvalue weighted by Gasteiger charge is 2.23. The predicted molar refractivity (Wildman–Crippen MR) is 90.1 cm³/mol. The first-order chi connectivity index (χ1) is 11.6. The van der Waals surface area contributed by atoms with Crippen molar-refractivity contribution in [2.75, 3.05) is 13.4 Å². The maximum absolute atomic E-state index is 11.7. The van der Waals surface area contributed by atoms with Crippen LogP contribution >= 0.6 is 0 Å². The van der Waals surface area contributed by atoms with E-state index in [4.69, 9.17) is 14.2 Å². The number of carbonyl (C=O) groups excluding carboxylic acids is 2. The number of allylic oxidation sites excluding steroid dienone is 2. The Morgan fingerprint density at radius 1 is 1.21 bits per heavy atom. The topological polar surface area (TPSA) is 61.8 Å². The summed E-state index contributed by atoms with van der Waals surface area (Å²) in [6.07, 6.45) is 7.07. The lowest BCUT2D eigenvalue weighted by atomic mass is 9.99. The molecule has 0 saturated heterocycles.